The van der Waals surface area contributed by atoms with Gasteiger partial charge in [-0.1, -0.05) is 22.0 Å². The van der Waals surface area contributed by atoms with E-state index in [9.17, 15) is 9.59 Å². The van der Waals surface area contributed by atoms with E-state index < -0.39 is 0 Å². The molecule has 0 spiro atoms. The number of benzene rings is 1. The monoisotopic (exact) mass is 342 g/mol. The first kappa shape index (κ1) is 16.5. The lowest BCUT2D eigenvalue weighted by Gasteiger charge is -2.07. The molecule has 0 aromatic heterocycles. The van der Waals surface area contributed by atoms with Crippen molar-refractivity contribution < 1.29 is 14.3 Å². The first-order chi connectivity index (χ1) is 9.58. The maximum Gasteiger partial charge on any atom is 0.220 e. The molecule has 0 radical (unpaired) electrons. The van der Waals surface area contributed by atoms with Crippen molar-refractivity contribution in [3.05, 3.63) is 28.7 Å². The first-order valence-electron chi connectivity index (χ1n) is 6.47. The number of halogens is 1. The number of nitrogens with one attached hydrogen (secondary N) is 2. The number of rotatable bonds is 8. The number of carbonyl (C=O) groups excluding carboxylic acids is 2. The third-order valence-electron chi connectivity index (χ3n) is 2.43. The van der Waals surface area contributed by atoms with Crippen LogP contribution in [0.25, 0.3) is 0 Å². The molecule has 110 valence electrons. The molecular weight excluding hydrogens is 324 g/mol. The summed E-state index contributed by atoms with van der Waals surface area (Å²) in [5.74, 6) is 0.653. The van der Waals surface area contributed by atoms with Crippen LogP contribution in [0, 0.1) is 0 Å². The van der Waals surface area contributed by atoms with Crippen LogP contribution >= 0.6 is 15.9 Å². The molecule has 0 bridgehead atoms. The zero-order valence-electron chi connectivity index (χ0n) is 11.4. The number of hydrogen-bond acceptors (Lipinski definition) is 3. The number of ether oxygens (including phenoxy) is 1. The molecule has 6 heteroatoms. The molecule has 0 aliphatic rings. The molecule has 20 heavy (non-hydrogen) atoms. The molecular formula is C14H19BrN2O3. The van der Waals surface area contributed by atoms with Crippen molar-refractivity contribution in [3.63, 3.8) is 0 Å². The summed E-state index contributed by atoms with van der Waals surface area (Å²) in [7, 11) is 0. The van der Waals surface area contributed by atoms with Gasteiger partial charge in [-0.15, -0.1) is 0 Å². The fourth-order valence-electron chi connectivity index (χ4n) is 1.51. The molecule has 2 N–H and O–H groups in total. The summed E-state index contributed by atoms with van der Waals surface area (Å²) in [6, 6.07) is 7.58. The van der Waals surface area contributed by atoms with Crippen molar-refractivity contribution in [1.29, 1.82) is 0 Å². The van der Waals surface area contributed by atoms with Crippen molar-refractivity contribution in [2.45, 2.75) is 19.8 Å². The van der Waals surface area contributed by atoms with E-state index in [4.69, 9.17) is 4.74 Å². The summed E-state index contributed by atoms with van der Waals surface area (Å²) in [5, 5.41) is 5.34. The lowest BCUT2D eigenvalue weighted by atomic mass is 10.3. The van der Waals surface area contributed by atoms with Crippen LogP contribution in [0.2, 0.25) is 0 Å². The van der Waals surface area contributed by atoms with Crippen molar-refractivity contribution >= 4 is 27.7 Å². The predicted octanol–water partition coefficient (Wildman–Crippen LogP) is 1.86. The average Bonchev–Trinajstić information content (AvgIpc) is 2.40. The third-order valence-corrected chi connectivity index (χ3v) is 2.93. The minimum Gasteiger partial charge on any atom is -0.494 e. The summed E-state index contributed by atoms with van der Waals surface area (Å²) < 4.78 is 6.49. The summed E-state index contributed by atoms with van der Waals surface area (Å²) in [5.41, 5.74) is 0. The fourth-order valence-corrected chi connectivity index (χ4v) is 1.89. The quantitative estimate of drug-likeness (QED) is 0.708. The molecule has 0 heterocycles. The van der Waals surface area contributed by atoms with Crippen molar-refractivity contribution in [2.75, 3.05) is 19.7 Å². The lowest BCUT2D eigenvalue weighted by molar-refractivity contribution is -0.122. The van der Waals surface area contributed by atoms with Crippen LogP contribution in [-0.2, 0) is 9.59 Å². The van der Waals surface area contributed by atoms with Crippen LogP contribution in [0.4, 0.5) is 0 Å². The molecule has 0 saturated heterocycles. The highest BCUT2D eigenvalue weighted by Gasteiger charge is 2.01. The molecule has 5 nitrogen and oxygen atoms in total. The van der Waals surface area contributed by atoms with Crippen LogP contribution in [0.5, 0.6) is 5.75 Å². The second-order valence-electron chi connectivity index (χ2n) is 4.24. The zero-order valence-corrected chi connectivity index (χ0v) is 13.0. The van der Waals surface area contributed by atoms with Gasteiger partial charge in [0, 0.05) is 30.9 Å². The highest BCUT2D eigenvalue weighted by Crippen LogP contribution is 2.17. The Bertz CT molecular complexity index is 452. The lowest BCUT2D eigenvalue weighted by Crippen LogP contribution is -2.33. The number of carbonyl (C=O) groups is 2. The molecule has 1 aromatic rings. The highest BCUT2D eigenvalue weighted by molar-refractivity contribution is 9.10. The van der Waals surface area contributed by atoms with Crippen LogP contribution in [0.15, 0.2) is 28.7 Å². The van der Waals surface area contributed by atoms with Gasteiger partial charge in [0.25, 0.3) is 0 Å². The van der Waals surface area contributed by atoms with E-state index in [1.54, 1.807) is 0 Å². The predicted molar refractivity (Wildman–Crippen MR) is 80.6 cm³/mol. The van der Waals surface area contributed by atoms with Gasteiger partial charge in [0.15, 0.2) is 0 Å². The summed E-state index contributed by atoms with van der Waals surface area (Å²) in [6.07, 6.45) is 1.06. The van der Waals surface area contributed by atoms with Gasteiger partial charge in [-0.25, -0.2) is 0 Å². The smallest absolute Gasteiger partial charge is 0.220 e. The zero-order chi connectivity index (χ0) is 14.8. The van der Waals surface area contributed by atoms with Crippen LogP contribution in [-0.4, -0.2) is 31.5 Å². The Morgan fingerprint density at radius 2 is 2.00 bits per heavy atom. The van der Waals surface area contributed by atoms with Gasteiger partial charge < -0.3 is 15.4 Å². The average molecular weight is 343 g/mol. The second kappa shape index (κ2) is 9.36. The van der Waals surface area contributed by atoms with Crippen molar-refractivity contribution in [1.82, 2.24) is 10.6 Å². The van der Waals surface area contributed by atoms with E-state index in [2.05, 4.69) is 26.6 Å². The topological polar surface area (TPSA) is 67.4 Å². The molecule has 0 unspecified atom stereocenters. The summed E-state index contributed by atoms with van der Waals surface area (Å²) >= 11 is 3.37. The fraction of sp³-hybridized carbons (Fsp3) is 0.429. The standard InChI is InChI=1S/C14H19BrN2O3/c1-11(18)16-7-8-17-14(19)6-3-9-20-13-5-2-4-12(15)10-13/h2,4-5,10H,3,6-9H2,1H3,(H,16,18)(H,17,19). The third kappa shape index (κ3) is 7.78. The first-order valence-corrected chi connectivity index (χ1v) is 7.27. The maximum absolute atomic E-state index is 11.5. The Hall–Kier alpha value is -1.56. The second-order valence-corrected chi connectivity index (χ2v) is 5.16. The van der Waals surface area contributed by atoms with Crippen molar-refractivity contribution in [2.24, 2.45) is 0 Å². The molecule has 0 atom stereocenters. The Labute approximate surface area is 127 Å². The van der Waals surface area contributed by atoms with Crippen LogP contribution in [0.3, 0.4) is 0 Å². The van der Waals surface area contributed by atoms with Crippen LogP contribution in [0.1, 0.15) is 19.8 Å². The van der Waals surface area contributed by atoms with E-state index in [1.807, 2.05) is 24.3 Å². The van der Waals surface area contributed by atoms with Crippen LogP contribution < -0.4 is 15.4 Å². The maximum atomic E-state index is 11.5. The van der Waals surface area contributed by atoms with Crippen molar-refractivity contribution in [3.8, 4) is 5.75 Å². The Morgan fingerprint density at radius 1 is 1.25 bits per heavy atom. The largest absolute Gasteiger partial charge is 0.494 e. The molecule has 0 saturated carbocycles. The van der Waals surface area contributed by atoms with Gasteiger partial charge in [0.2, 0.25) is 11.8 Å². The molecule has 1 rings (SSSR count). The van der Waals surface area contributed by atoms with Gasteiger partial charge in [-0.3, -0.25) is 9.59 Å². The van der Waals surface area contributed by atoms with E-state index in [1.165, 1.54) is 6.92 Å². The Balaban J connectivity index is 2.06. The molecule has 0 aliphatic heterocycles. The van der Waals surface area contributed by atoms with Gasteiger partial charge >= 0.3 is 0 Å². The SMILES string of the molecule is CC(=O)NCCNC(=O)CCCOc1cccc(Br)c1. The molecule has 0 fully saturated rings. The van der Waals surface area contributed by atoms with Gasteiger partial charge in [0.1, 0.15) is 5.75 Å². The number of amides is 2. The van der Waals surface area contributed by atoms with E-state index in [0.717, 1.165) is 10.2 Å². The normalized spacial score (nSPS) is 9.90. The van der Waals surface area contributed by atoms with E-state index in [0.29, 0.717) is 32.5 Å². The number of hydrogen-bond donors (Lipinski definition) is 2. The Morgan fingerprint density at radius 3 is 2.70 bits per heavy atom. The summed E-state index contributed by atoms with van der Waals surface area (Å²) in [4.78, 5) is 22.1. The van der Waals surface area contributed by atoms with Gasteiger partial charge in [-0.05, 0) is 24.6 Å². The van der Waals surface area contributed by atoms with Gasteiger partial charge in [-0.2, -0.15) is 0 Å². The highest BCUT2D eigenvalue weighted by atomic mass is 79.9. The summed E-state index contributed by atoms with van der Waals surface area (Å²) in [6.45, 7) is 2.84. The van der Waals surface area contributed by atoms with E-state index in [-0.39, 0.29) is 11.8 Å². The van der Waals surface area contributed by atoms with Gasteiger partial charge in [0.05, 0.1) is 6.61 Å². The van der Waals surface area contributed by atoms with E-state index >= 15 is 0 Å². The minimum absolute atomic E-state index is 0.0341. The molecule has 1 aromatic carbocycles. The molecule has 0 aliphatic carbocycles. The molecule has 2 amide bonds. The Kier molecular flexibility index (Phi) is 7.72. The minimum atomic E-state index is -0.0957.